The minimum absolute atomic E-state index is 0.237. The Balaban J connectivity index is 2.33. The number of aromatic nitrogens is 1. The first-order valence-electron chi connectivity index (χ1n) is 4.77. The van der Waals surface area contributed by atoms with Gasteiger partial charge in [0.15, 0.2) is 0 Å². The van der Waals surface area contributed by atoms with E-state index >= 15 is 0 Å². The van der Waals surface area contributed by atoms with Crippen LogP contribution in [0.3, 0.4) is 0 Å². The summed E-state index contributed by atoms with van der Waals surface area (Å²) in [6.45, 7) is 7.59. The van der Waals surface area contributed by atoms with Crippen molar-refractivity contribution in [1.29, 1.82) is 0 Å². The summed E-state index contributed by atoms with van der Waals surface area (Å²) in [5.74, 6) is 0. The molecule has 0 saturated carbocycles. The van der Waals surface area contributed by atoms with Crippen molar-refractivity contribution >= 4 is 11.3 Å². The van der Waals surface area contributed by atoms with Crippen molar-refractivity contribution in [2.75, 3.05) is 0 Å². The summed E-state index contributed by atoms with van der Waals surface area (Å²) in [6, 6.07) is 0. The molecule has 0 aliphatic carbocycles. The van der Waals surface area contributed by atoms with Gasteiger partial charge in [-0.1, -0.05) is 13.3 Å². The van der Waals surface area contributed by atoms with Crippen molar-refractivity contribution in [3.05, 3.63) is 16.6 Å². The smallest absolute Gasteiger partial charge is 0.106 e. The molecule has 1 heterocycles. The van der Waals surface area contributed by atoms with E-state index in [-0.39, 0.29) is 5.54 Å². The first-order valence-corrected chi connectivity index (χ1v) is 5.65. The Hall–Kier alpha value is -0.410. The SMILES string of the molecule is CCCC(C)(C)NCc1nccs1. The van der Waals surface area contributed by atoms with Gasteiger partial charge in [-0.25, -0.2) is 4.98 Å². The molecule has 0 spiro atoms. The van der Waals surface area contributed by atoms with E-state index < -0.39 is 0 Å². The van der Waals surface area contributed by atoms with Crippen LogP contribution in [0.25, 0.3) is 0 Å². The van der Waals surface area contributed by atoms with E-state index in [4.69, 9.17) is 0 Å². The second-order valence-electron chi connectivity index (χ2n) is 3.91. The minimum atomic E-state index is 0.237. The maximum absolute atomic E-state index is 4.24. The second-order valence-corrected chi connectivity index (χ2v) is 4.89. The van der Waals surface area contributed by atoms with Crippen LogP contribution < -0.4 is 5.32 Å². The third-order valence-corrected chi connectivity index (χ3v) is 2.86. The predicted octanol–water partition coefficient (Wildman–Crippen LogP) is 2.81. The molecule has 0 saturated heterocycles. The average molecular weight is 198 g/mol. The van der Waals surface area contributed by atoms with Gasteiger partial charge in [-0.05, 0) is 20.3 Å². The zero-order valence-corrected chi connectivity index (χ0v) is 9.45. The fourth-order valence-corrected chi connectivity index (χ4v) is 1.92. The zero-order valence-electron chi connectivity index (χ0n) is 8.63. The average Bonchev–Trinajstić information content (AvgIpc) is 2.52. The van der Waals surface area contributed by atoms with Gasteiger partial charge in [0.1, 0.15) is 5.01 Å². The number of thiazole rings is 1. The molecule has 0 aliphatic heterocycles. The van der Waals surface area contributed by atoms with Gasteiger partial charge in [-0.15, -0.1) is 11.3 Å². The van der Waals surface area contributed by atoms with Crippen LogP contribution in [0.5, 0.6) is 0 Å². The molecule has 74 valence electrons. The quantitative estimate of drug-likeness (QED) is 0.787. The lowest BCUT2D eigenvalue weighted by atomic mass is 9.99. The van der Waals surface area contributed by atoms with Crippen molar-refractivity contribution in [2.45, 2.75) is 45.7 Å². The van der Waals surface area contributed by atoms with E-state index in [1.165, 1.54) is 17.8 Å². The van der Waals surface area contributed by atoms with Crippen molar-refractivity contribution in [3.63, 3.8) is 0 Å². The third kappa shape index (κ3) is 3.87. The number of nitrogens with zero attached hydrogens (tertiary/aromatic N) is 1. The highest BCUT2D eigenvalue weighted by molar-refractivity contribution is 7.09. The number of hydrogen-bond acceptors (Lipinski definition) is 3. The lowest BCUT2D eigenvalue weighted by Crippen LogP contribution is -2.38. The molecule has 1 N–H and O–H groups in total. The molecule has 0 fully saturated rings. The molecule has 0 aliphatic rings. The van der Waals surface area contributed by atoms with Crippen LogP contribution in [0.2, 0.25) is 0 Å². The van der Waals surface area contributed by atoms with Crippen LogP contribution in [-0.4, -0.2) is 10.5 Å². The maximum Gasteiger partial charge on any atom is 0.106 e. The van der Waals surface area contributed by atoms with E-state index in [0.717, 1.165) is 6.54 Å². The van der Waals surface area contributed by atoms with Crippen LogP contribution in [-0.2, 0) is 6.54 Å². The fourth-order valence-electron chi connectivity index (χ4n) is 1.37. The van der Waals surface area contributed by atoms with Crippen LogP contribution in [0.4, 0.5) is 0 Å². The molecule has 0 unspecified atom stereocenters. The third-order valence-electron chi connectivity index (χ3n) is 2.08. The number of rotatable bonds is 5. The van der Waals surface area contributed by atoms with Crippen LogP contribution in [0, 0.1) is 0 Å². The molecule has 1 aromatic rings. The highest BCUT2D eigenvalue weighted by Gasteiger charge is 2.15. The Kier molecular flexibility index (Phi) is 3.88. The minimum Gasteiger partial charge on any atom is -0.305 e. The monoisotopic (exact) mass is 198 g/mol. The molecule has 2 nitrogen and oxygen atoms in total. The molecule has 1 rings (SSSR count). The second kappa shape index (κ2) is 4.72. The summed E-state index contributed by atoms with van der Waals surface area (Å²) in [5.41, 5.74) is 0.237. The fraction of sp³-hybridized carbons (Fsp3) is 0.700. The van der Waals surface area contributed by atoms with Crippen LogP contribution >= 0.6 is 11.3 Å². The molecule has 0 aromatic carbocycles. The van der Waals surface area contributed by atoms with Gasteiger partial charge in [0.05, 0.1) is 0 Å². The molecule has 13 heavy (non-hydrogen) atoms. The molecule has 0 bridgehead atoms. The highest BCUT2D eigenvalue weighted by Crippen LogP contribution is 2.12. The summed E-state index contributed by atoms with van der Waals surface area (Å²) in [6.07, 6.45) is 4.28. The normalized spacial score (nSPS) is 11.9. The Morgan fingerprint density at radius 2 is 2.31 bits per heavy atom. The van der Waals surface area contributed by atoms with E-state index in [0.29, 0.717) is 0 Å². The van der Waals surface area contributed by atoms with Gasteiger partial charge in [-0.2, -0.15) is 0 Å². The molecular formula is C10H18N2S. The molecule has 3 heteroatoms. The summed E-state index contributed by atoms with van der Waals surface area (Å²) in [7, 11) is 0. The molecule has 0 radical (unpaired) electrons. The number of nitrogens with one attached hydrogen (secondary N) is 1. The zero-order chi connectivity index (χ0) is 9.73. The molecule has 0 atom stereocenters. The van der Waals surface area contributed by atoms with Crippen LogP contribution in [0.1, 0.15) is 38.6 Å². The summed E-state index contributed by atoms with van der Waals surface area (Å²) in [5, 5.41) is 6.70. The Morgan fingerprint density at radius 3 is 2.85 bits per heavy atom. The Morgan fingerprint density at radius 1 is 1.54 bits per heavy atom. The van der Waals surface area contributed by atoms with Crippen molar-refractivity contribution in [3.8, 4) is 0 Å². The van der Waals surface area contributed by atoms with E-state index in [9.17, 15) is 0 Å². The first kappa shape index (κ1) is 10.7. The van der Waals surface area contributed by atoms with Gasteiger partial charge in [0.2, 0.25) is 0 Å². The van der Waals surface area contributed by atoms with Gasteiger partial charge in [0, 0.05) is 23.7 Å². The van der Waals surface area contributed by atoms with E-state index in [1.54, 1.807) is 11.3 Å². The van der Waals surface area contributed by atoms with Gasteiger partial charge in [0.25, 0.3) is 0 Å². The Bertz CT molecular complexity index is 229. The van der Waals surface area contributed by atoms with Crippen molar-refractivity contribution in [1.82, 2.24) is 10.3 Å². The maximum atomic E-state index is 4.24. The van der Waals surface area contributed by atoms with Crippen molar-refractivity contribution < 1.29 is 0 Å². The first-order chi connectivity index (χ1) is 6.14. The largest absolute Gasteiger partial charge is 0.305 e. The Labute approximate surface area is 84.4 Å². The molecular weight excluding hydrogens is 180 g/mol. The molecule has 1 aromatic heterocycles. The highest BCUT2D eigenvalue weighted by atomic mass is 32.1. The molecule has 0 amide bonds. The van der Waals surface area contributed by atoms with E-state index in [2.05, 4.69) is 31.1 Å². The summed E-state index contributed by atoms with van der Waals surface area (Å²) < 4.78 is 0. The van der Waals surface area contributed by atoms with Crippen LogP contribution in [0.15, 0.2) is 11.6 Å². The number of hydrogen-bond donors (Lipinski definition) is 1. The van der Waals surface area contributed by atoms with Gasteiger partial charge < -0.3 is 5.32 Å². The lowest BCUT2D eigenvalue weighted by molar-refractivity contribution is 0.356. The van der Waals surface area contributed by atoms with Gasteiger partial charge in [-0.3, -0.25) is 0 Å². The van der Waals surface area contributed by atoms with Gasteiger partial charge >= 0.3 is 0 Å². The van der Waals surface area contributed by atoms with Crippen molar-refractivity contribution in [2.24, 2.45) is 0 Å². The van der Waals surface area contributed by atoms with E-state index in [1.807, 2.05) is 11.6 Å². The standard InChI is InChI=1S/C10H18N2S/c1-4-5-10(2,3)12-8-9-11-6-7-13-9/h6-7,12H,4-5,8H2,1-3H3. The summed E-state index contributed by atoms with van der Waals surface area (Å²) >= 11 is 1.71. The summed E-state index contributed by atoms with van der Waals surface area (Å²) in [4.78, 5) is 4.24. The topological polar surface area (TPSA) is 24.9 Å². The predicted molar refractivity (Wildman–Crippen MR) is 57.9 cm³/mol. The lowest BCUT2D eigenvalue weighted by Gasteiger charge is -2.25.